The van der Waals surface area contributed by atoms with Crippen LogP contribution in [-0.4, -0.2) is 42.8 Å². The molecule has 1 aromatic carbocycles. The second kappa shape index (κ2) is 7.37. The Hall–Kier alpha value is -2.12. The first-order chi connectivity index (χ1) is 13.4. The summed E-state index contributed by atoms with van der Waals surface area (Å²) in [5.74, 6) is 0.210. The van der Waals surface area contributed by atoms with Gasteiger partial charge in [0, 0.05) is 38.6 Å². The van der Waals surface area contributed by atoms with E-state index in [0.717, 1.165) is 36.9 Å². The minimum atomic E-state index is -3.58. The number of sulfonamides is 1. The van der Waals surface area contributed by atoms with E-state index < -0.39 is 10.0 Å². The highest BCUT2D eigenvalue weighted by molar-refractivity contribution is 7.89. The van der Waals surface area contributed by atoms with E-state index >= 15 is 0 Å². The minimum Gasteiger partial charge on any atom is -0.345 e. The molecule has 1 saturated heterocycles. The Morgan fingerprint density at radius 1 is 1.14 bits per heavy atom. The zero-order valence-electron chi connectivity index (χ0n) is 16.5. The molecule has 4 rings (SSSR count). The van der Waals surface area contributed by atoms with E-state index in [1.807, 2.05) is 24.3 Å². The molecule has 0 saturated carbocycles. The van der Waals surface area contributed by atoms with Crippen molar-refractivity contribution in [2.75, 3.05) is 24.5 Å². The van der Waals surface area contributed by atoms with E-state index in [-0.39, 0.29) is 10.8 Å². The lowest BCUT2D eigenvalue weighted by Crippen LogP contribution is -2.39. The molecule has 6 nitrogen and oxygen atoms in total. The maximum atomic E-state index is 13.2. The molecular weight excluding hydrogens is 374 g/mol. The second-order valence-electron chi connectivity index (χ2n) is 7.97. The van der Waals surface area contributed by atoms with Gasteiger partial charge in [0.15, 0.2) is 0 Å². The Morgan fingerprint density at radius 2 is 1.93 bits per heavy atom. The normalized spacial score (nSPS) is 20.8. The van der Waals surface area contributed by atoms with Crippen LogP contribution in [0.5, 0.6) is 0 Å². The smallest absolute Gasteiger partial charge is 0.274 e. The zero-order chi connectivity index (χ0) is 19.9. The number of carbonyl (C=O) groups excluding carboxylic acids is 1. The number of amides is 1. The van der Waals surface area contributed by atoms with Gasteiger partial charge in [0.05, 0.1) is 0 Å². The summed E-state index contributed by atoms with van der Waals surface area (Å²) < 4.78 is 29.4. The third-order valence-corrected chi connectivity index (χ3v) is 7.64. The van der Waals surface area contributed by atoms with Crippen molar-refractivity contribution in [3.8, 4) is 0 Å². The summed E-state index contributed by atoms with van der Waals surface area (Å²) in [7, 11) is -1.84. The van der Waals surface area contributed by atoms with Crippen LogP contribution in [0.1, 0.15) is 42.2 Å². The van der Waals surface area contributed by atoms with Gasteiger partial charge in [0.25, 0.3) is 5.91 Å². The number of para-hydroxylation sites is 1. The minimum absolute atomic E-state index is 0.150. The van der Waals surface area contributed by atoms with Crippen molar-refractivity contribution < 1.29 is 13.2 Å². The fourth-order valence-electron chi connectivity index (χ4n) is 4.28. The number of carbonyl (C=O) groups is 1. The zero-order valence-corrected chi connectivity index (χ0v) is 17.3. The fraction of sp³-hybridized carbons (Fsp3) is 0.476. The number of anilines is 1. The molecule has 1 aromatic heterocycles. The molecule has 2 aromatic rings. The summed E-state index contributed by atoms with van der Waals surface area (Å²) in [5, 5.41) is 0. The predicted molar refractivity (Wildman–Crippen MR) is 109 cm³/mol. The molecule has 3 heterocycles. The van der Waals surface area contributed by atoms with Crippen LogP contribution in [0.25, 0.3) is 0 Å². The first-order valence-corrected chi connectivity index (χ1v) is 11.4. The van der Waals surface area contributed by atoms with Gasteiger partial charge in [0.1, 0.15) is 10.6 Å². The molecular formula is C21H27N3O3S. The molecule has 1 amide bonds. The van der Waals surface area contributed by atoms with Gasteiger partial charge < -0.3 is 9.47 Å². The van der Waals surface area contributed by atoms with Gasteiger partial charge in [-0.15, -0.1) is 0 Å². The Morgan fingerprint density at radius 3 is 2.71 bits per heavy atom. The third-order valence-electron chi connectivity index (χ3n) is 5.81. The largest absolute Gasteiger partial charge is 0.345 e. The van der Waals surface area contributed by atoms with Crippen molar-refractivity contribution in [2.45, 2.75) is 37.5 Å². The standard InChI is InChI=1S/C21H27N3O3S/c1-16-7-5-11-23(14-16)28(26,27)18-13-20(22(2)15-18)21(25)24-12-6-9-17-8-3-4-10-19(17)24/h3-4,8,10,13,15-16H,5-7,9,11-12,14H2,1-2H3. The van der Waals surface area contributed by atoms with Gasteiger partial charge in [-0.3, -0.25) is 4.79 Å². The van der Waals surface area contributed by atoms with Crippen molar-refractivity contribution in [2.24, 2.45) is 13.0 Å². The number of nitrogens with zero attached hydrogens (tertiary/aromatic N) is 3. The summed E-state index contributed by atoms with van der Waals surface area (Å²) in [6.07, 6.45) is 5.37. The van der Waals surface area contributed by atoms with Crippen LogP contribution in [0.2, 0.25) is 0 Å². The van der Waals surface area contributed by atoms with E-state index in [1.165, 1.54) is 6.07 Å². The van der Waals surface area contributed by atoms with Crippen molar-refractivity contribution in [3.63, 3.8) is 0 Å². The van der Waals surface area contributed by atoms with Crippen molar-refractivity contribution in [3.05, 3.63) is 47.8 Å². The highest BCUT2D eigenvalue weighted by atomic mass is 32.2. The van der Waals surface area contributed by atoms with Crippen LogP contribution in [0.3, 0.4) is 0 Å². The number of aromatic nitrogens is 1. The number of hydrogen-bond donors (Lipinski definition) is 0. The third kappa shape index (κ3) is 3.37. The molecule has 1 fully saturated rings. The Labute approximate surface area is 166 Å². The van der Waals surface area contributed by atoms with Gasteiger partial charge in [-0.05, 0) is 49.3 Å². The number of piperidine rings is 1. The van der Waals surface area contributed by atoms with Crippen LogP contribution in [0, 0.1) is 5.92 Å². The molecule has 1 atom stereocenters. The molecule has 2 aliphatic heterocycles. The van der Waals surface area contributed by atoms with Crippen LogP contribution >= 0.6 is 0 Å². The molecule has 0 bridgehead atoms. The Bertz CT molecular complexity index is 996. The molecule has 28 heavy (non-hydrogen) atoms. The van der Waals surface area contributed by atoms with Gasteiger partial charge in [-0.1, -0.05) is 25.1 Å². The lowest BCUT2D eigenvalue weighted by molar-refractivity contribution is 0.0977. The van der Waals surface area contributed by atoms with Crippen LogP contribution in [-0.2, 0) is 23.5 Å². The quantitative estimate of drug-likeness (QED) is 0.794. The van der Waals surface area contributed by atoms with Gasteiger partial charge in [-0.2, -0.15) is 4.31 Å². The summed E-state index contributed by atoms with van der Waals surface area (Å²) in [6, 6.07) is 9.46. The molecule has 1 unspecified atom stereocenters. The lowest BCUT2D eigenvalue weighted by Gasteiger charge is -2.29. The highest BCUT2D eigenvalue weighted by Gasteiger charge is 2.32. The first kappa shape index (κ1) is 19.2. The van der Waals surface area contributed by atoms with E-state index in [9.17, 15) is 13.2 Å². The van der Waals surface area contributed by atoms with Crippen molar-refractivity contribution in [1.29, 1.82) is 0 Å². The van der Waals surface area contributed by atoms with E-state index in [4.69, 9.17) is 0 Å². The molecule has 2 aliphatic rings. The molecule has 0 radical (unpaired) electrons. The van der Waals surface area contributed by atoms with Gasteiger partial charge in [0.2, 0.25) is 10.0 Å². The molecule has 150 valence electrons. The fourth-order valence-corrected chi connectivity index (χ4v) is 5.95. The number of hydrogen-bond acceptors (Lipinski definition) is 3. The average Bonchev–Trinajstić information content (AvgIpc) is 3.09. The monoisotopic (exact) mass is 401 g/mol. The van der Waals surface area contributed by atoms with Crippen LogP contribution in [0.15, 0.2) is 41.4 Å². The van der Waals surface area contributed by atoms with Crippen molar-refractivity contribution >= 4 is 21.6 Å². The number of aryl methyl sites for hydroxylation is 2. The predicted octanol–water partition coefficient (Wildman–Crippen LogP) is 3.04. The Balaban J connectivity index is 1.64. The summed E-state index contributed by atoms with van der Waals surface area (Å²) in [5.41, 5.74) is 2.49. The molecule has 0 spiro atoms. The number of benzene rings is 1. The summed E-state index contributed by atoms with van der Waals surface area (Å²) in [6.45, 7) is 3.81. The number of fused-ring (bicyclic) bond motifs is 1. The SMILES string of the molecule is CC1CCCN(S(=O)(=O)c2cc(C(=O)N3CCCc4ccccc43)n(C)c2)C1. The van der Waals surface area contributed by atoms with E-state index in [1.54, 1.807) is 27.0 Å². The maximum Gasteiger partial charge on any atom is 0.274 e. The molecule has 7 heteroatoms. The first-order valence-electron chi connectivity index (χ1n) is 9.94. The average molecular weight is 402 g/mol. The van der Waals surface area contributed by atoms with Crippen LogP contribution < -0.4 is 4.90 Å². The molecule has 0 aliphatic carbocycles. The summed E-state index contributed by atoms with van der Waals surface area (Å²) >= 11 is 0. The maximum absolute atomic E-state index is 13.2. The topological polar surface area (TPSA) is 62.6 Å². The van der Waals surface area contributed by atoms with Crippen molar-refractivity contribution in [1.82, 2.24) is 8.87 Å². The highest BCUT2D eigenvalue weighted by Crippen LogP contribution is 2.30. The van der Waals surface area contributed by atoms with Crippen LogP contribution in [0.4, 0.5) is 5.69 Å². The number of rotatable bonds is 3. The summed E-state index contributed by atoms with van der Waals surface area (Å²) in [4.78, 5) is 15.2. The molecule has 0 N–H and O–H groups in total. The van der Waals surface area contributed by atoms with E-state index in [0.29, 0.717) is 31.2 Å². The lowest BCUT2D eigenvalue weighted by atomic mass is 10.0. The van der Waals surface area contributed by atoms with Gasteiger partial charge >= 0.3 is 0 Å². The van der Waals surface area contributed by atoms with Gasteiger partial charge in [-0.25, -0.2) is 8.42 Å². The van der Waals surface area contributed by atoms with E-state index in [2.05, 4.69) is 6.92 Å². The Kier molecular flexibility index (Phi) is 5.05. The second-order valence-corrected chi connectivity index (χ2v) is 9.91.